The molecule has 8 heteroatoms. The molecule has 3 aromatic rings. The number of sulfonamides is 1. The van der Waals surface area contributed by atoms with Crippen molar-refractivity contribution in [1.29, 1.82) is 0 Å². The van der Waals surface area contributed by atoms with Crippen LogP contribution < -0.4 is 4.74 Å². The van der Waals surface area contributed by atoms with Crippen LogP contribution in [0.1, 0.15) is 42.0 Å². The molecule has 3 aromatic carbocycles. The maximum Gasteiger partial charge on any atom is 0.416 e. The SMILES string of the molecule is COc1ccc(S(=O)(=O)N2CCC3c4cccc(-c5ccc(C(F)(F)F)cc5)c4C2[C@H]3C)cc1. The van der Waals surface area contributed by atoms with Gasteiger partial charge in [0.25, 0.3) is 0 Å². The van der Waals surface area contributed by atoms with Gasteiger partial charge in [-0.25, -0.2) is 8.42 Å². The van der Waals surface area contributed by atoms with E-state index in [2.05, 4.69) is 6.92 Å². The Labute approximate surface area is 197 Å². The number of hydrogen-bond acceptors (Lipinski definition) is 3. The molecule has 5 rings (SSSR count). The Morgan fingerprint density at radius 2 is 1.65 bits per heavy atom. The number of piperidine rings is 1. The summed E-state index contributed by atoms with van der Waals surface area (Å²) in [5.41, 5.74) is 2.70. The van der Waals surface area contributed by atoms with Gasteiger partial charge in [0.2, 0.25) is 10.0 Å². The lowest BCUT2D eigenvalue weighted by atomic mass is 9.87. The number of halogens is 3. The molecule has 1 aliphatic heterocycles. The van der Waals surface area contributed by atoms with Gasteiger partial charge in [-0.05, 0) is 76.9 Å². The fourth-order valence-electron chi connectivity index (χ4n) is 5.48. The summed E-state index contributed by atoms with van der Waals surface area (Å²) in [5.74, 6) is 0.825. The highest BCUT2D eigenvalue weighted by atomic mass is 32.2. The van der Waals surface area contributed by atoms with Crippen molar-refractivity contribution in [2.24, 2.45) is 5.92 Å². The molecular weight excluding hydrogens is 463 g/mol. The van der Waals surface area contributed by atoms with Crippen LogP contribution >= 0.6 is 0 Å². The van der Waals surface area contributed by atoms with Gasteiger partial charge in [0.15, 0.2) is 0 Å². The minimum absolute atomic E-state index is 0.0485. The quantitative estimate of drug-likeness (QED) is 0.437. The number of benzene rings is 3. The van der Waals surface area contributed by atoms with Crippen LogP contribution in [0.3, 0.4) is 0 Å². The van der Waals surface area contributed by atoms with Crippen LogP contribution in [0, 0.1) is 5.92 Å². The topological polar surface area (TPSA) is 46.6 Å². The highest BCUT2D eigenvalue weighted by Crippen LogP contribution is 2.56. The molecule has 0 spiro atoms. The third-order valence-electron chi connectivity index (χ3n) is 7.13. The van der Waals surface area contributed by atoms with E-state index in [1.165, 1.54) is 19.2 Å². The molecule has 1 fully saturated rings. The van der Waals surface area contributed by atoms with Crippen molar-refractivity contribution in [3.05, 3.63) is 83.4 Å². The van der Waals surface area contributed by atoms with Crippen molar-refractivity contribution in [1.82, 2.24) is 4.31 Å². The molecular formula is C26H24F3NO3S. The molecule has 1 saturated heterocycles. The summed E-state index contributed by atoms with van der Waals surface area (Å²) < 4.78 is 73.3. The molecule has 0 aromatic heterocycles. The number of methoxy groups -OCH3 is 1. The van der Waals surface area contributed by atoms with Crippen LogP contribution in [0.5, 0.6) is 5.75 Å². The predicted molar refractivity (Wildman–Crippen MR) is 123 cm³/mol. The van der Waals surface area contributed by atoms with Gasteiger partial charge >= 0.3 is 6.18 Å². The Kier molecular flexibility index (Phi) is 5.48. The van der Waals surface area contributed by atoms with Crippen LogP contribution in [0.4, 0.5) is 13.2 Å². The van der Waals surface area contributed by atoms with E-state index in [1.807, 2.05) is 18.2 Å². The van der Waals surface area contributed by atoms with Gasteiger partial charge in [-0.15, -0.1) is 0 Å². The molecule has 0 amide bonds. The first-order valence-electron chi connectivity index (χ1n) is 11.1. The van der Waals surface area contributed by atoms with E-state index in [9.17, 15) is 21.6 Å². The zero-order chi connectivity index (χ0) is 24.3. The third-order valence-corrected chi connectivity index (χ3v) is 9.02. The van der Waals surface area contributed by atoms with Gasteiger partial charge in [0, 0.05) is 6.54 Å². The number of fused-ring (bicyclic) bond motifs is 5. The van der Waals surface area contributed by atoms with Crippen molar-refractivity contribution < 1.29 is 26.3 Å². The fourth-order valence-corrected chi connectivity index (χ4v) is 7.17. The van der Waals surface area contributed by atoms with E-state index in [0.717, 1.165) is 28.8 Å². The average molecular weight is 488 g/mol. The second kappa shape index (κ2) is 8.13. The number of ether oxygens (including phenoxy) is 1. The van der Waals surface area contributed by atoms with Crippen molar-refractivity contribution in [2.45, 2.75) is 36.4 Å². The van der Waals surface area contributed by atoms with Crippen LogP contribution in [-0.2, 0) is 16.2 Å². The average Bonchev–Trinajstić information content (AvgIpc) is 2.98. The Bertz CT molecular complexity index is 1320. The summed E-state index contributed by atoms with van der Waals surface area (Å²) >= 11 is 0. The Balaban J connectivity index is 1.60. The normalized spacial score (nSPS) is 22.4. The highest BCUT2D eigenvalue weighted by Gasteiger charge is 2.49. The maximum absolute atomic E-state index is 13.7. The first-order chi connectivity index (χ1) is 16.1. The molecule has 1 aliphatic carbocycles. The minimum Gasteiger partial charge on any atom is -0.497 e. The summed E-state index contributed by atoms with van der Waals surface area (Å²) in [4.78, 5) is 0.194. The number of nitrogens with zero attached hydrogens (tertiary/aromatic N) is 1. The van der Waals surface area contributed by atoms with Crippen LogP contribution in [0.2, 0.25) is 0 Å². The lowest BCUT2D eigenvalue weighted by molar-refractivity contribution is -0.137. The molecule has 2 unspecified atom stereocenters. The van der Waals surface area contributed by atoms with Gasteiger partial charge in [0.05, 0.1) is 23.6 Å². The first kappa shape index (κ1) is 22.9. The number of hydrogen-bond donors (Lipinski definition) is 0. The van der Waals surface area contributed by atoms with Crippen LogP contribution in [-0.4, -0.2) is 26.4 Å². The fraction of sp³-hybridized carbons (Fsp3) is 0.308. The van der Waals surface area contributed by atoms with Crippen molar-refractivity contribution in [3.63, 3.8) is 0 Å². The zero-order valence-corrected chi connectivity index (χ0v) is 19.5. The second-order valence-electron chi connectivity index (χ2n) is 8.87. The van der Waals surface area contributed by atoms with E-state index in [-0.39, 0.29) is 22.8 Å². The summed E-state index contributed by atoms with van der Waals surface area (Å²) in [6.07, 6.45) is -3.72. The monoisotopic (exact) mass is 487 g/mol. The van der Waals surface area contributed by atoms with Crippen molar-refractivity contribution in [2.75, 3.05) is 13.7 Å². The lowest BCUT2D eigenvalue weighted by Gasteiger charge is -2.37. The van der Waals surface area contributed by atoms with E-state index >= 15 is 0 Å². The number of alkyl halides is 3. The van der Waals surface area contributed by atoms with Gasteiger partial charge in [-0.2, -0.15) is 17.5 Å². The summed E-state index contributed by atoms with van der Waals surface area (Å²) in [7, 11) is -2.27. The largest absolute Gasteiger partial charge is 0.497 e. The molecule has 1 heterocycles. The van der Waals surface area contributed by atoms with Gasteiger partial charge in [-0.3, -0.25) is 0 Å². The first-order valence-corrected chi connectivity index (χ1v) is 12.5. The van der Waals surface area contributed by atoms with Crippen molar-refractivity contribution >= 4 is 10.0 Å². The molecule has 178 valence electrons. The lowest BCUT2D eigenvalue weighted by Crippen LogP contribution is -2.41. The number of rotatable bonds is 4. The molecule has 2 aliphatic rings. The van der Waals surface area contributed by atoms with Gasteiger partial charge < -0.3 is 4.74 Å². The zero-order valence-electron chi connectivity index (χ0n) is 18.7. The summed E-state index contributed by atoms with van der Waals surface area (Å²) in [6.45, 7) is 2.44. The molecule has 4 nitrogen and oxygen atoms in total. The second-order valence-corrected chi connectivity index (χ2v) is 10.8. The summed E-state index contributed by atoms with van der Waals surface area (Å²) in [5, 5.41) is 0. The highest BCUT2D eigenvalue weighted by molar-refractivity contribution is 7.89. The van der Waals surface area contributed by atoms with Crippen LogP contribution in [0.15, 0.2) is 71.6 Å². The smallest absolute Gasteiger partial charge is 0.416 e. The Hall–Kier alpha value is -2.84. The molecule has 34 heavy (non-hydrogen) atoms. The molecule has 0 N–H and O–H groups in total. The molecule has 3 atom stereocenters. The van der Waals surface area contributed by atoms with Crippen LogP contribution in [0.25, 0.3) is 11.1 Å². The maximum atomic E-state index is 13.7. The summed E-state index contributed by atoms with van der Waals surface area (Å²) in [6, 6.07) is 16.8. The van der Waals surface area contributed by atoms with Gasteiger partial charge in [0.1, 0.15) is 5.75 Å². The molecule has 0 radical (unpaired) electrons. The minimum atomic E-state index is -4.41. The van der Waals surface area contributed by atoms with E-state index in [0.29, 0.717) is 24.3 Å². The van der Waals surface area contributed by atoms with E-state index in [4.69, 9.17) is 4.74 Å². The van der Waals surface area contributed by atoms with E-state index in [1.54, 1.807) is 28.6 Å². The van der Waals surface area contributed by atoms with Gasteiger partial charge in [-0.1, -0.05) is 37.3 Å². The predicted octanol–water partition coefficient (Wildman–Crippen LogP) is 6.25. The van der Waals surface area contributed by atoms with Crippen molar-refractivity contribution in [3.8, 4) is 16.9 Å². The Morgan fingerprint density at radius 3 is 2.26 bits per heavy atom. The molecule has 0 saturated carbocycles. The van der Waals surface area contributed by atoms with E-state index < -0.39 is 21.8 Å². The molecule has 2 bridgehead atoms. The Morgan fingerprint density at radius 1 is 0.971 bits per heavy atom. The third kappa shape index (κ3) is 3.60. The standard InChI is InChI=1S/C26H24F3NO3S/c1-16-21-14-15-30(34(31,32)20-12-10-19(33-2)11-13-20)25(16)24-22(4-3-5-23(21)24)17-6-8-18(9-7-17)26(27,28)29/h3-13,16,21,25H,14-15H2,1-2H3/t16-,21?,25?/m0/s1.